The van der Waals surface area contributed by atoms with Crippen molar-refractivity contribution >= 4 is 34.4 Å². The number of benzene rings is 2. The fourth-order valence-corrected chi connectivity index (χ4v) is 2.14. The van der Waals surface area contributed by atoms with Crippen LogP contribution >= 0.6 is 11.6 Å². The van der Waals surface area contributed by atoms with Crippen molar-refractivity contribution in [3.63, 3.8) is 0 Å². The minimum Gasteiger partial charge on any atom is -0.278 e. The largest absolute Gasteiger partial charge is 0.278 e. The number of rotatable bonds is 3. The first-order chi connectivity index (χ1) is 9.84. The van der Waals surface area contributed by atoms with Crippen LogP contribution in [0.5, 0.6) is 0 Å². The van der Waals surface area contributed by atoms with Gasteiger partial charge in [-0.25, -0.2) is 0 Å². The third-order valence-corrected chi connectivity index (χ3v) is 3.28. The molecule has 0 amide bonds. The molecule has 3 rings (SSSR count). The number of hydrogen-bond donors (Lipinski definition) is 1. The number of aromatic nitrogens is 1. The predicted molar refractivity (Wildman–Crippen MR) is 84.4 cm³/mol. The van der Waals surface area contributed by atoms with Gasteiger partial charge in [-0.2, -0.15) is 5.10 Å². The molecule has 3 nitrogen and oxygen atoms in total. The van der Waals surface area contributed by atoms with E-state index in [-0.39, 0.29) is 0 Å². The van der Waals surface area contributed by atoms with Crippen LogP contribution in [0.1, 0.15) is 5.56 Å². The Morgan fingerprint density at radius 1 is 1.00 bits per heavy atom. The molecule has 0 unspecified atom stereocenters. The summed E-state index contributed by atoms with van der Waals surface area (Å²) in [6.07, 6.45) is 3.48. The van der Waals surface area contributed by atoms with Gasteiger partial charge in [0.2, 0.25) is 0 Å². The van der Waals surface area contributed by atoms with E-state index >= 15 is 0 Å². The summed E-state index contributed by atoms with van der Waals surface area (Å²) in [6, 6.07) is 17.4. The van der Waals surface area contributed by atoms with E-state index < -0.39 is 0 Å². The van der Waals surface area contributed by atoms with Gasteiger partial charge < -0.3 is 0 Å². The Morgan fingerprint density at radius 2 is 1.90 bits per heavy atom. The monoisotopic (exact) mass is 281 g/mol. The highest BCUT2D eigenvalue weighted by atomic mass is 35.5. The summed E-state index contributed by atoms with van der Waals surface area (Å²) in [5, 5.41) is 5.95. The molecule has 0 radical (unpaired) electrons. The molecular weight excluding hydrogens is 270 g/mol. The SMILES string of the molecule is Clc1ccccc1/C=N/Nc1cccc2ncccc12. The number of hydrogen-bond acceptors (Lipinski definition) is 3. The van der Waals surface area contributed by atoms with Gasteiger partial charge in [0.1, 0.15) is 0 Å². The molecule has 0 fully saturated rings. The van der Waals surface area contributed by atoms with Crippen molar-refractivity contribution in [1.82, 2.24) is 4.98 Å². The van der Waals surface area contributed by atoms with Crippen LogP contribution < -0.4 is 5.43 Å². The van der Waals surface area contributed by atoms with Crippen LogP contribution in [0.3, 0.4) is 0 Å². The lowest BCUT2D eigenvalue weighted by atomic mass is 10.2. The van der Waals surface area contributed by atoms with Crippen molar-refractivity contribution in [1.29, 1.82) is 0 Å². The second kappa shape index (κ2) is 5.72. The first-order valence-electron chi connectivity index (χ1n) is 6.22. The Kier molecular flexibility index (Phi) is 3.61. The maximum atomic E-state index is 6.07. The van der Waals surface area contributed by atoms with Gasteiger partial charge in [0.25, 0.3) is 0 Å². The van der Waals surface area contributed by atoms with E-state index in [1.165, 1.54) is 0 Å². The molecule has 0 aliphatic rings. The molecule has 0 spiro atoms. The number of fused-ring (bicyclic) bond motifs is 1. The van der Waals surface area contributed by atoms with Gasteiger partial charge >= 0.3 is 0 Å². The first kappa shape index (κ1) is 12.6. The number of nitrogens with zero attached hydrogens (tertiary/aromatic N) is 2. The molecule has 0 aliphatic heterocycles. The second-order valence-corrected chi connectivity index (χ2v) is 4.67. The smallest absolute Gasteiger partial charge is 0.0723 e. The average Bonchev–Trinajstić information content (AvgIpc) is 2.49. The average molecular weight is 282 g/mol. The molecule has 4 heteroatoms. The van der Waals surface area contributed by atoms with Gasteiger partial charge in [0.15, 0.2) is 0 Å². The Hall–Kier alpha value is -2.39. The standard InChI is InChI=1S/C16H12ClN3/c17-14-7-2-1-5-12(14)11-19-20-16-9-3-8-15-13(16)6-4-10-18-15/h1-11,20H/b19-11+. The fourth-order valence-electron chi connectivity index (χ4n) is 1.95. The van der Waals surface area contributed by atoms with Gasteiger partial charge in [0.05, 0.1) is 17.4 Å². The topological polar surface area (TPSA) is 37.3 Å². The summed E-state index contributed by atoms with van der Waals surface area (Å²) in [7, 11) is 0. The van der Waals surface area contributed by atoms with Crippen LogP contribution in [0.15, 0.2) is 65.9 Å². The molecule has 0 saturated heterocycles. The minimum atomic E-state index is 0.678. The number of anilines is 1. The lowest BCUT2D eigenvalue weighted by molar-refractivity contribution is 1.35. The molecule has 98 valence electrons. The zero-order chi connectivity index (χ0) is 13.8. The second-order valence-electron chi connectivity index (χ2n) is 4.27. The molecule has 0 atom stereocenters. The summed E-state index contributed by atoms with van der Waals surface area (Å²) in [5.41, 5.74) is 5.76. The van der Waals surface area contributed by atoms with Crippen LogP contribution in [0.4, 0.5) is 5.69 Å². The zero-order valence-electron chi connectivity index (χ0n) is 10.6. The van der Waals surface area contributed by atoms with E-state index in [2.05, 4.69) is 15.5 Å². The highest BCUT2D eigenvalue weighted by molar-refractivity contribution is 6.33. The third-order valence-electron chi connectivity index (χ3n) is 2.94. The Labute approximate surface area is 121 Å². The van der Waals surface area contributed by atoms with Gasteiger partial charge in [-0.15, -0.1) is 0 Å². The maximum absolute atomic E-state index is 6.07. The van der Waals surface area contributed by atoms with Crippen LogP contribution in [0.25, 0.3) is 10.9 Å². The third kappa shape index (κ3) is 2.63. The predicted octanol–water partition coefficient (Wildman–Crippen LogP) is 4.33. The zero-order valence-corrected chi connectivity index (χ0v) is 11.4. The lowest BCUT2D eigenvalue weighted by Gasteiger charge is -2.04. The van der Waals surface area contributed by atoms with Crippen molar-refractivity contribution in [2.75, 3.05) is 5.43 Å². The van der Waals surface area contributed by atoms with Crippen molar-refractivity contribution in [3.05, 3.63) is 71.4 Å². The number of halogens is 1. The minimum absolute atomic E-state index is 0.678. The van der Waals surface area contributed by atoms with Gasteiger partial charge in [-0.1, -0.05) is 35.9 Å². The Morgan fingerprint density at radius 3 is 2.80 bits per heavy atom. The number of pyridine rings is 1. The molecule has 3 aromatic rings. The maximum Gasteiger partial charge on any atom is 0.0723 e. The van der Waals surface area contributed by atoms with E-state index in [1.54, 1.807) is 12.4 Å². The van der Waals surface area contributed by atoms with Crippen molar-refractivity contribution < 1.29 is 0 Å². The molecule has 1 heterocycles. The van der Waals surface area contributed by atoms with Crippen molar-refractivity contribution in [2.24, 2.45) is 5.10 Å². The quantitative estimate of drug-likeness (QED) is 0.573. The molecule has 0 aliphatic carbocycles. The summed E-state index contributed by atoms with van der Waals surface area (Å²) in [6.45, 7) is 0. The molecule has 1 aromatic heterocycles. The normalized spacial score (nSPS) is 11.1. The Balaban J connectivity index is 1.86. The van der Waals surface area contributed by atoms with Gasteiger partial charge in [-0.3, -0.25) is 10.4 Å². The summed E-state index contributed by atoms with van der Waals surface area (Å²) < 4.78 is 0. The van der Waals surface area contributed by atoms with E-state index in [0.717, 1.165) is 22.2 Å². The highest BCUT2D eigenvalue weighted by Gasteiger charge is 1.99. The molecule has 0 bridgehead atoms. The first-order valence-corrected chi connectivity index (χ1v) is 6.60. The van der Waals surface area contributed by atoms with Crippen LogP contribution in [-0.2, 0) is 0 Å². The van der Waals surface area contributed by atoms with Crippen molar-refractivity contribution in [2.45, 2.75) is 0 Å². The van der Waals surface area contributed by atoms with E-state index in [0.29, 0.717) is 5.02 Å². The van der Waals surface area contributed by atoms with Gasteiger partial charge in [-0.05, 0) is 30.3 Å². The lowest BCUT2D eigenvalue weighted by Crippen LogP contribution is -1.92. The van der Waals surface area contributed by atoms with Gasteiger partial charge in [0, 0.05) is 22.2 Å². The molecule has 0 saturated carbocycles. The Bertz CT molecular complexity index is 763. The van der Waals surface area contributed by atoms with Crippen molar-refractivity contribution in [3.8, 4) is 0 Å². The highest BCUT2D eigenvalue weighted by Crippen LogP contribution is 2.21. The molecule has 1 N–H and O–H groups in total. The molecule has 20 heavy (non-hydrogen) atoms. The van der Waals surface area contributed by atoms with E-state index in [9.17, 15) is 0 Å². The summed E-state index contributed by atoms with van der Waals surface area (Å²) in [4.78, 5) is 4.31. The summed E-state index contributed by atoms with van der Waals surface area (Å²) in [5.74, 6) is 0. The van der Waals surface area contributed by atoms with Crippen LogP contribution in [-0.4, -0.2) is 11.2 Å². The number of hydrazone groups is 1. The van der Waals surface area contributed by atoms with E-state index in [1.807, 2.05) is 54.6 Å². The number of nitrogens with one attached hydrogen (secondary N) is 1. The summed E-state index contributed by atoms with van der Waals surface area (Å²) >= 11 is 6.07. The fraction of sp³-hybridized carbons (Fsp3) is 0. The molecule has 2 aromatic carbocycles. The van der Waals surface area contributed by atoms with E-state index in [4.69, 9.17) is 11.6 Å². The van der Waals surface area contributed by atoms with Crippen LogP contribution in [0, 0.1) is 0 Å². The van der Waals surface area contributed by atoms with Crippen LogP contribution in [0.2, 0.25) is 5.02 Å². The molecular formula is C16H12ClN3.